The molecule has 0 aromatic heterocycles. The van der Waals surface area contributed by atoms with Gasteiger partial charge in [0.15, 0.2) is 0 Å². The molecule has 2 heterocycles. The van der Waals surface area contributed by atoms with Crippen molar-refractivity contribution in [3.05, 3.63) is 53.6 Å². The monoisotopic (exact) mass is 1060 g/mol. The van der Waals surface area contributed by atoms with Crippen molar-refractivity contribution >= 4 is 67.3 Å². The summed E-state index contributed by atoms with van der Waals surface area (Å²) in [5.74, 6) is -6.73. The number of anilines is 1. The lowest BCUT2D eigenvalue weighted by Gasteiger charge is -2.26. The van der Waals surface area contributed by atoms with E-state index in [2.05, 4.69) is 25.4 Å². The Labute approximate surface area is 432 Å². The minimum atomic E-state index is -3.84. The standard InChI is InChI=1S/C30H37N5O7S.C21H31N3O6S/c1-18-8-9-19(17-31)25(13-18)32-29(39)42-21-14-23-24(15-21)27(37)35(2)12-6-4-3-5-7-20-16-30(20,33-26(23)36)28(38)34-43(40,41)22-10-11-22;1-24-9-5-3-2-4-6-13-12-21(13,20(28)23-31(29,30)15-7-8-15)22-18(26)16-10-14(25)11-17(16)19(24)27/h5,7-9,13,20-24H,3-4,6,10-12,14-16H2,1-2H3,(H,32,39)(H,33,36)(H,34,38);4,6,13-17,25H,2-3,5,7-12H2,1H3,(H,22,26)(H,23,28)/b7-5-;6-4-/t20-,21-,23-,24-,30-;13-,14-,16?,17-,21-/m11/s1. The van der Waals surface area contributed by atoms with Crippen LogP contribution in [0.15, 0.2) is 42.5 Å². The van der Waals surface area contributed by atoms with Gasteiger partial charge in [-0.3, -0.25) is 43.5 Å². The Morgan fingerprint density at radius 2 is 1.18 bits per heavy atom. The molecule has 1 unspecified atom stereocenters. The molecule has 6 aliphatic carbocycles. The van der Waals surface area contributed by atoms with Crippen molar-refractivity contribution in [1.29, 1.82) is 5.26 Å². The van der Waals surface area contributed by atoms with Crippen molar-refractivity contribution in [1.82, 2.24) is 29.9 Å². The second-order valence-corrected chi connectivity index (χ2v) is 25.5. The third-order valence-electron chi connectivity index (χ3n) is 15.8. The molecule has 2 aliphatic heterocycles. The van der Waals surface area contributed by atoms with E-state index in [1.54, 1.807) is 42.1 Å². The fraction of sp³-hybridized carbons (Fsp3) is 0.647. The second kappa shape index (κ2) is 21.8. The Morgan fingerprint density at radius 3 is 1.66 bits per heavy atom. The summed E-state index contributed by atoms with van der Waals surface area (Å²) in [6.45, 7) is 2.91. The summed E-state index contributed by atoms with van der Waals surface area (Å²) >= 11 is 0. The highest BCUT2D eigenvalue weighted by Crippen LogP contribution is 2.48. The number of sulfonamides is 2. The van der Waals surface area contributed by atoms with Gasteiger partial charge in [-0.1, -0.05) is 30.4 Å². The molecule has 402 valence electrons. The van der Waals surface area contributed by atoms with Gasteiger partial charge in [0.1, 0.15) is 23.3 Å². The predicted molar refractivity (Wildman–Crippen MR) is 268 cm³/mol. The van der Waals surface area contributed by atoms with Crippen LogP contribution in [0.4, 0.5) is 10.5 Å². The summed E-state index contributed by atoms with van der Waals surface area (Å²) in [5, 5.41) is 26.6. The number of benzene rings is 1. The number of nitrogens with zero attached hydrogens (tertiary/aromatic N) is 3. The van der Waals surface area contributed by atoms with Crippen molar-refractivity contribution in [3.63, 3.8) is 0 Å². The Balaban J connectivity index is 0.000000208. The number of ether oxygens (including phenoxy) is 1. The number of carbonyl (C=O) groups is 7. The molecule has 8 aliphatic rings. The highest BCUT2D eigenvalue weighted by molar-refractivity contribution is 7.91. The zero-order chi connectivity index (χ0) is 53.3. The number of rotatable bonds is 8. The molecule has 1 aromatic rings. The van der Waals surface area contributed by atoms with Crippen LogP contribution in [0.25, 0.3) is 0 Å². The molecule has 21 nitrogen and oxygen atoms in total. The fourth-order valence-corrected chi connectivity index (χ4v) is 13.6. The largest absolute Gasteiger partial charge is 0.446 e. The molecular weight excluding hydrogens is 997 g/mol. The summed E-state index contributed by atoms with van der Waals surface area (Å²) < 4.78 is 59.7. The molecule has 6 saturated carbocycles. The first kappa shape index (κ1) is 54.4. The summed E-state index contributed by atoms with van der Waals surface area (Å²) in [7, 11) is -4.20. The average Bonchev–Trinajstić information content (AvgIpc) is 4.17. The normalized spacial score (nSPS) is 33.3. The molecule has 6 N–H and O–H groups in total. The molecule has 74 heavy (non-hydrogen) atoms. The number of carbonyl (C=O) groups excluding carboxylic acids is 7. The van der Waals surface area contributed by atoms with Crippen molar-refractivity contribution in [2.45, 2.75) is 143 Å². The van der Waals surface area contributed by atoms with Gasteiger partial charge in [-0.15, -0.1) is 0 Å². The van der Waals surface area contributed by atoms with E-state index < -0.39 is 107 Å². The second-order valence-electron chi connectivity index (χ2n) is 21.6. The molecule has 23 heteroatoms. The van der Waals surface area contributed by atoms with Crippen LogP contribution < -0.4 is 25.4 Å². The summed E-state index contributed by atoms with van der Waals surface area (Å²) in [6.07, 6.45) is 13.1. The van der Waals surface area contributed by atoms with E-state index in [1.807, 2.05) is 37.3 Å². The van der Waals surface area contributed by atoms with Crippen LogP contribution in [0.3, 0.4) is 0 Å². The van der Waals surface area contributed by atoms with Gasteiger partial charge in [0.25, 0.3) is 11.8 Å². The molecule has 0 spiro atoms. The summed E-state index contributed by atoms with van der Waals surface area (Å²) in [5.41, 5.74) is -1.38. The van der Waals surface area contributed by atoms with Gasteiger partial charge in [0, 0.05) is 39.0 Å². The average molecular weight is 1070 g/mol. The van der Waals surface area contributed by atoms with Crippen molar-refractivity contribution in [2.75, 3.05) is 32.5 Å². The van der Waals surface area contributed by atoms with E-state index in [1.165, 1.54) is 0 Å². The Bertz CT molecular complexity index is 2750. The predicted octanol–water partition coefficient (Wildman–Crippen LogP) is 2.55. The molecular formula is C51H68N8O13S2. The zero-order valence-electron chi connectivity index (χ0n) is 42.0. The van der Waals surface area contributed by atoms with Crippen molar-refractivity contribution in [3.8, 4) is 6.07 Å². The number of aryl methyl sites for hydroxylation is 1. The lowest BCUT2D eigenvalue weighted by Crippen LogP contribution is -2.54. The number of aliphatic hydroxyl groups is 1. The molecule has 1 aromatic carbocycles. The first-order chi connectivity index (χ1) is 35.1. The van der Waals surface area contributed by atoms with Gasteiger partial charge in [-0.05, 0) is 127 Å². The fourth-order valence-electron chi connectivity index (χ4n) is 10.9. The quantitative estimate of drug-likeness (QED) is 0.204. The van der Waals surface area contributed by atoms with E-state index >= 15 is 0 Å². The van der Waals surface area contributed by atoms with E-state index in [9.17, 15) is 60.8 Å². The Hall–Kier alpha value is -5.86. The smallest absolute Gasteiger partial charge is 0.411 e. The number of hydrogen-bond acceptors (Lipinski definition) is 14. The van der Waals surface area contributed by atoms with Crippen molar-refractivity contribution in [2.24, 2.45) is 35.5 Å². The van der Waals surface area contributed by atoms with Crippen molar-refractivity contribution < 1.29 is 60.2 Å². The Morgan fingerprint density at radius 1 is 0.716 bits per heavy atom. The van der Waals surface area contributed by atoms with E-state index in [0.717, 1.165) is 44.1 Å². The highest BCUT2D eigenvalue weighted by Gasteiger charge is 2.63. The number of allylic oxidation sites excluding steroid dienone is 2. The lowest BCUT2D eigenvalue weighted by atomic mass is 9.93. The topological polar surface area (TPSA) is 308 Å². The highest BCUT2D eigenvalue weighted by atomic mass is 32.2. The van der Waals surface area contributed by atoms with Gasteiger partial charge in [-0.25, -0.2) is 21.6 Å². The molecule has 0 bridgehead atoms. The Kier molecular flexibility index (Phi) is 16.0. The van der Waals surface area contributed by atoms with Crippen LogP contribution in [0, 0.1) is 53.8 Å². The SMILES string of the molecule is CN1CCCC/C=C\[C@@H]2C[C@@]2(C(=O)NS(=O)(=O)C2CC2)NC(=O)C2C[C@@H](O)C[C@H]2C1=O.Cc1ccc(C#N)c(NC(=O)O[C@@H]2C[C@H]3C(=O)N[C@]4(C(=O)NS(=O)(=O)C5CC5)C[C@H]4/C=C\CCCCN(C)C(=O)[C@@H]3C2)c1. The molecule has 9 rings (SSSR count). The first-order valence-electron chi connectivity index (χ1n) is 25.8. The molecule has 6 fully saturated rings. The van der Waals surface area contributed by atoms with Crippen LogP contribution in [0.1, 0.15) is 114 Å². The van der Waals surface area contributed by atoms with E-state index in [0.29, 0.717) is 50.9 Å². The number of nitriles is 1. The first-order valence-corrected chi connectivity index (χ1v) is 28.9. The molecule has 0 saturated heterocycles. The minimum Gasteiger partial charge on any atom is -0.446 e. The number of amides is 7. The molecule has 0 radical (unpaired) electrons. The number of aliphatic hydroxyl groups excluding tert-OH is 1. The van der Waals surface area contributed by atoms with Crippen LogP contribution in [-0.2, 0) is 53.6 Å². The minimum absolute atomic E-state index is 0.0427. The maximum Gasteiger partial charge on any atom is 0.411 e. The maximum atomic E-state index is 13.8. The van der Waals surface area contributed by atoms with Crippen LogP contribution in [0.5, 0.6) is 0 Å². The van der Waals surface area contributed by atoms with Gasteiger partial charge >= 0.3 is 6.09 Å². The van der Waals surface area contributed by atoms with Crippen LogP contribution in [-0.4, -0.2) is 134 Å². The van der Waals surface area contributed by atoms with Crippen LogP contribution >= 0.6 is 0 Å². The van der Waals surface area contributed by atoms with E-state index in [-0.39, 0.29) is 61.3 Å². The van der Waals surface area contributed by atoms with Gasteiger partial charge < -0.3 is 30.3 Å². The number of hydrogen-bond donors (Lipinski definition) is 6. The molecule has 7 amide bonds. The third kappa shape index (κ3) is 12.3. The lowest BCUT2D eigenvalue weighted by molar-refractivity contribution is -0.141. The number of nitrogens with one attached hydrogen (secondary N) is 5. The van der Waals surface area contributed by atoms with Gasteiger partial charge in [0.05, 0.1) is 51.5 Å². The summed E-state index contributed by atoms with van der Waals surface area (Å²) in [4.78, 5) is 95.8. The number of fused-ring (bicyclic) bond motifs is 4. The third-order valence-corrected chi connectivity index (χ3v) is 19.5. The molecule has 10 atom stereocenters. The summed E-state index contributed by atoms with van der Waals surface area (Å²) in [6, 6.07) is 7.00. The van der Waals surface area contributed by atoms with Gasteiger partial charge in [-0.2, -0.15) is 5.26 Å². The van der Waals surface area contributed by atoms with E-state index in [4.69, 9.17) is 4.74 Å². The van der Waals surface area contributed by atoms with Crippen LogP contribution in [0.2, 0.25) is 0 Å². The zero-order valence-corrected chi connectivity index (χ0v) is 43.7. The maximum absolute atomic E-state index is 13.8. The van der Waals surface area contributed by atoms with Gasteiger partial charge in [0.2, 0.25) is 43.7 Å².